The molecular formula is C24H24N4O3S. The van der Waals surface area contributed by atoms with Crippen LogP contribution in [0.5, 0.6) is 0 Å². The van der Waals surface area contributed by atoms with Crippen LogP contribution in [-0.4, -0.2) is 26.4 Å². The SMILES string of the molecule is CCCCc1ccc(-n2c(SCC(=O)Nc3cc(C)no3)nc3ccccc3c2=O)cc1. The van der Waals surface area contributed by atoms with E-state index >= 15 is 0 Å². The summed E-state index contributed by atoms with van der Waals surface area (Å²) >= 11 is 1.20. The number of amides is 1. The zero-order valence-electron chi connectivity index (χ0n) is 18.0. The maximum Gasteiger partial charge on any atom is 0.266 e. The van der Waals surface area contributed by atoms with Crippen molar-refractivity contribution in [2.24, 2.45) is 0 Å². The lowest BCUT2D eigenvalue weighted by Gasteiger charge is -2.13. The lowest BCUT2D eigenvalue weighted by atomic mass is 10.1. The van der Waals surface area contributed by atoms with E-state index in [4.69, 9.17) is 4.52 Å². The first-order valence-corrected chi connectivity index (χ1v) is 11.5. The number of hydrogen-bond acceptors (Lipinski definition) is 6. The molecule has 0 aliphatic rings. The molecule has 1 N–H and O–H groups in total. The number of aromatic nitrogens is 3. The number of nitrogens with one attached hydrogen (secondary N) is 1. The van der Waals surface area contributed by atoms with Crippen molar-refractivity contribution >= 4 is 34.5 Å². The van der Waals surface area contributed by atoms with Crippen molar-refractivity contribution in [2.45, 2.75) is 38.3 Å². The highest BCUT2D eigenvalue weighted by molar-refractivity contribution is 7.99. The standard InChI is InChI=1S/C24H24N4O3S/c1-3-4-7-17-10-12-18(13-11-17)28-23(30)19-8-5-6-9-20(19)25-24(28)32-15-21(29)26-22-14-16(2)27-31-22/h5-6,8-14H,3-4,7,15H2,1-2H3,(H,26,29). The Kier molecular flexibility index (Phi) is 6.70. The van der Waals surface area contributed by atoms with Gasteiger partial charge in [-0.15, -0.1) is 0 Å². The van der Waals surface area contributed by atoms with Crippen LogP contribution >= 0.6 is 11.8 Å². The molecular weight excluding hydrogens is 424 g/mol. The summed E-state index contributed by atoms with van der Waals surface area (Å²) in [5.74, 6) is 0.0914. The highest BCUT2D eigenvalue weighted by atomic mass is 32.2. The first-order chi connectivity index (χ1) is 15.5. The van der Waals surface area contributed by atoms with Crippen LogP contribution in [0.3, 0.4) is 0 Å². The topological polar surface area (TPSA) is 90.0 Å². The van der Waals surface area contributed by atoms with Gasteiger partial charge in [0.1, 0.15) is 0 Å². The van der Waals surface area contributed by atoms with Gasteiger partial charge in [-0.25, -0.2) is 4.98 Å². The maximum atomic E-state index is 13.3. The quantitative estimate of drug-likeness (QED) is 0.309. The van der Waals surface area contributed by atoms with Crippen molar-refractivity contribution in [3.05, 3.63) is 76.2 Å². The number of carbonyl (C=O) groups excluding carboxylic acids is 1. The molecule has 0 radical (unpaired) electrons. The second-order valence-electron chi connectivity index (χ2n) is 7.49. The van der Waals surface area contributed by atoms with Crippen LogP contribution < -0.4 is 10.9 Å². The number of aryl methyl sites for hydroxylation is 2. The third-order valence-corrected chi connectivity index (χ3v) is 5.92. The molecule has 4 rings (SSSR count). The second-order valence-corrected chi connectivity index (χ2v) is 8.43. The molecule has 0 atom stereocenters. The van der Waals surface area contributed by atoms with E-state index in [1.54, 1.807) is 29.7 Å². The summed E-state index contributed by atoms with van der Waals surface area (Å²) in [5.41, 5.74) is 3.07. The van der Waals surface area contributed by atoms with E-state index in [-0.39, 0.29) is 17.2 Å². The number of benzene rings is 2. The third-order valence-electron chi connectivity index (χ3n) is 4.98. The molecule has 7 nitrogen and oxygen atoms in total. The van der Waals surface area contributed by atoms with Gasteiger partial charge in [-0.3, -0.25) is 19.5 Å². The Morgan fingerprint density at radius 1 is 1.16 bits per heavy atom. The van der Waals surface area contributed by atoms with Gasteiger partial charge in [0.2, 0.25) is 11.8 Å². The van der Waals surface area contributed by atoms with Gasteiger partial charge in [0.25, 0.3) is 5.56 Å². The van der Waals surface area contributed by atoms with Crippen LogP contribution in [0.1, 0.15) is 31.0 Å². The first kappa shape index (κ1) is 21.8. The zero-order chi connectivity index (χ0) is 22.5. The number of unbranched alkanes of at least 4 members (excludes halogenated alkanes) is 1. The molecule has 4 aromatic rings. The van der Waals surface area contributed by atoms with Crippen molar-refractivity contribution in [2.75, 3.05) is 11.1 Å². The minimum absolute atomic E-state index is 0.0686. The molecule has 0 saturated carbocycles. The summed E-state index contributed by atoms with van der Waals surface area (Å²) in [6.07, 6.45) is 3.26. The number of thioether (sulfide) groups is 1. The number of hydrogen-bond donors (Lipinski definition) is 1. The highest BCUT2D eigenvalue weighted by Crippen LogP contribution is 2.22. The lowest BCUT2D eigenvalue weighted by Crippen LogP contribution is -2.23. The molecule has 0 saturated heterocycles. The molecule has 2 aromatic carbocycles. The molecule has 0 spiro atoms. The van der Waals surface area contributed by atoms with Crippen LogP contribution in [0.2, 0.25) is 0 Å². The van der Waals surface area contributed by atoms with Crippen LogP contribution in [0.4, 0.5) is 5.88 Å². The third kappa shape index (κ3) is 4.91. The average Bonchev–Trinajstić information content (AvgIpc) is 3.21. The van der Waals surface area contributed by atoms with Crippen LogP contribution in [0.15, 0.2) is 69.1 Å². The van der Waals surface area contributed by atoms with Crippen LogP contribution in [0, 0.1) is 6.92 Å². The number of para-hydroxylation sites is 1. The van der Waals surface area contributed by atoms with Crippen LogP contribution in [-0.2, 0) is 11.2 Å². The van der Waals surface area contributed by atoms with Crippen molar-refractivity contribution in [3.63, 3.8) is 0 Å². The molecule has 0 unspecified atom stereocenters. The van der Waals surface area contributed by atoms with E-state index < -0.39 is 0 Å². The Balaban J connectivity index is 1.64. The molecule has 32 heavy (non-hydrogen) atoms. The summed E-state index contributed by atoms with van der Waals surface area (Å²) in [7, 11) is 0. The summed E-state index contributed by atoms with van der Waals surface area (Å²) in [6.45, 7) is 3.94. The number of rotatable bonds is 8. The van der Waals surface area contributed by atoms with E-state index in [9.17, 15) is 9.59 Å². The van der Waals surface area contributed by atoms with Gasteiger partial charge < -0.3 is 4.52 Å². The summed E-state index contributed by atoms with van der Waals surface area (Å²) in [5, 5.41) is 7.42. The van der Waals surface area contributed by atoms with Gasteiger partial charge in [0.15, 0.2) is 5.16 Å². The van der Waals surface area contributed by atoms with Gasteiger partial charge in [-0.1, -0.05) is 54.5 Å². The Morgan fingerprint density at radius 2 is 1.94 bits per heavy atom. The molecule has 1 amide bonds. The number of carbonyl (C=O) groups is 1. The predicted octanol–water partition coefficient (Wildman–Crippen LogP) is 4.76. The van der Waals surface area contributed by atoms with Crippen molar-refractivity contribution in [1.82, 2.24) is 14.7 Å². The Labute approximate surface area is 189 Å². The predicted molar refractivity (Wildman–Crippen MR) is 127 cm³/mol. The number of anilines is 1. The Bertz CT molecular complexity index is 1290. The first-order valence-electron chi connectivity index (χ1n) is 10.5. The fourth-order valence-electron chi connectivity index (χ4n) is 3.36. The zero-order valence-corrected chi connectivity index (χ0v) is 18.8. The smallest absolute Gasteiger partial charge is 0.266 e. The average molecular weight is 449 g/mol. The largest absolute Gasteiger partial charge is 0.338 e. The summed E-state index contributed by atoms with van der Waals surface area (Å²) < 4.78 is 6.61. The maximum absolute atomic E-state index is 13.3. The number of nitrogens with zero attached hydrogens (tertiary/aromatic N) is 3. The van der Waals surface area contributed by atoms with Gasteiger partial charge in [-0.05, 0) is 49.6 Å². The minimum atomic E-state index is -0.268. The monoisotopic (exact) mass is 448 g/mol. The fourth-order valence-corrected chi connectivity index (χ4v) is 4.17. The Hall–Kier alpha value is -3.39. The van der Waals surface area contributed by atoms with Gasteiger partial charge in [0, 0.05) is 6.07 Å². The van der Waals surface area contributed by atoms with Gasteiger partial charge >= 0.3 is 0 Å². The molecule has 0 fully saturated rings. The van der Waals surface area contributed by atoms with Crippen molar-refractivity contribution in [1.29, 1.82) is 0 Å². The van der Waals surface area contributed by atoms with Crippen molar-refractivity contribution < 1.29 is 9.32 Å². The molecule has 164 valence electrons. The molecule has 0 aliphatic heterocycles. The van der Waals surface area contributed by atoms with Crippen LogP contribution in [0.25, 0.3) is 16.6 Å². The minimum Gasteiger partial charge on any atom is -0.338 e. The molecule has 2 heterocycles. The van der Waals surface area contributed by atoms with E-state index in [1.807, 2.05) is 36.4 Å². The van der Waals surface area contributed by atoms with E-state index in [0.717, 1.165) is 24.9 Å². The van der Waals surface area contributed by atoms with Crippen molar-refractivity contribution in [3.8, 4) is 5.69 Å². The fraction of sp³-hybridized carbons (Fsp3) is 0.250. The second kappa shape index (κ2) is 9.82. The summed E-state index contributed by atoms with van der Waals surface area (Å²) in [6, 6.07) is 16.8. The van der Waals surface area contributed by atoms with Gasteiger partial charge in [0.05, 0.1) is 28.0 Å². The molecule has 8 heteroatoms. The molecule has 0 aliphatic carbocycles. The summed E-state index contributed by atoms with van der Waals surface area (Å²) in [4.78, 5) is 30.4. The molecule has 2 aromatic heterocycles. The Morgan fingerprint density at radius 3 is 2.66 bits per heavy atom. The lowest BCUT2D eigenvalue weighted by molar-refractivity contribution is -0.113. The van der Waals surface area contributed by atoms with E-state index in [2.05, 4.69) is 22.4 Å². The van der Waals surface area contributed by atoms with E-state index in [1.165, 1.54) is 17.3 Å². The number of fused-ring (bicyclic) bond motifs is 1. The normalized spacial score (nSPS) is 11.1. The van der Waals surface area contributed by atoms with E-state index in [0.29, 0.717) is 27.6 Å². The molecule has 0 bridgehead atoms. The van der Waals surface area contributed by atoms with Gasteiger partial charge in [-0.2, -0.15) is 0 Å². The highest BCUT2D eigenvalue weighted by Gasteiger charge is 2.15.